The Labute approximate surface area is 103 Å². The number of hydrogen-bond acceptors (Lipinski definition) is 3. The number of urea groups is 1. The molecule has 0 aliphatic rings. The maximum atomic E-state index is 11.3. The van der Waals surface area contributed by atoms with Crippen LogP contribution >= 0.6 is 0 Å². The van der Waals surface area contributed by atoms with Crippen molar-refractivity contribution >= 4 is 23.6 Å². The van der Waals surface area contributed by atoms with E-state index in [1.54, 1.807) is 18.2 Å². The van der Waals surface area contributed by atoms with E-state index in [0.717, 1.165) is 0 Å². The van der Waals surface area contributed by atoms with Gasteiger partial charge in [-0.2, -0.15) is 0 Å². The summed E-state index contributed by atoms with van der Waals surface area (Å²) in [5.74, 6) is -1.60. The minimum absolute atomic E-state index is 0.127. The van der Waals surface area contributed by atoms with Gasteiger partial charge in [-0.25, -0.2) is 4.79 Å². The number of carbonyl (C=O) groups excluding carboxylic acids is 2. The van der Waals surface area contributed by atoms with Crippen molar-refractivity contribution in [2.75, 3.05) is 11.9 Å². The quantitative estimate of drug-likeness (QED) is 0.584. The van der Waals surface area contributed by atoms with Crippen LogP contribution in [0.2, 0.25) is 0 Å². The summed E-state index contributed by atoms with van der Waals surface area (Å²) in [7, 11) is 0. The molecule has 1 aromatic rings. The topological polar surface area (TPSA) is 122 Å². The molecule has 7 heteroatoms. The third kappa shape index (κ3) is 4.97. The number of carboxylic acids is 1. The molecule has 0 atom stereocenters. The second-order valence-corrected chi connectivity index (χ2v) is 3.54. The molecule has 0 saturated carbocycles. The molecule has 0 bridgehead atoms. The summed E-state index contributed by atoms with van der Waals surface area (Å²) in [4.78, 5) is 32.3. The lowest BCUT2D eigenvalue weighted by atomic mass is 10.1. The normalized spacial score (nSPS) is 9.56. The van der Waals surface area contributed by atoms with E-state index in [1.165, 1.54) is 6.07 Å². The highest BCUT2D eigenvalue weighted by molar-refractivity contribution is 5.92. The number of carboxylic acid groups (broad SMARTS) is 1. The van der Waals surface area contributed by atoms with Crippen molar-refractivity contribution < 1.29 is 19.5 Å². The largest absolute Gasteiger partial charge is 0.481 e. The standard InChI is InChI=1S/C11H13N3O4/c12-9(15)6-13-11(18)14-8-3-1-2-7(4-8)5-10(16)17/h1-4H,5-6H2,(H2,12,15)(H,16,17)(H2,13,14,18). The van der Waals surface area contributed by atoms with Crippen LogP contribution in [0, 0.1) is 0 Å². The van der Waals surface area contributed by atoms with Gasteiger partial charge in [-0.1, -0.05) is 12.1 Å². The molecule has 0 saturated heterocycles. The van der Waals surface area contributed by atoms with Crippen LogP contribution in [0.15, 0.2) is 24.3 Å². The molecule has 0 radical (unpaired) electrons. The van der Waals surface area contributed by atoms with E-state index >= 15 is 0 Å². The second kappa shape index (κ2) is 6.24. The molecule has 0 heterocycles. The van der Waals surface area contributed by atoms with Crippen LogP contribution in [0.25, 0.3) is 0 Å². The van der Waals surface area contributed by atoms with Gasteiger partial charge in [0.1, 0.15) is 0 Å². The first-order valence-electron chi connectivity index (χ1n) is 5.11. The molecule has 18 heavy (non-hydrogen) atoms. The maximum absolute atomic E-state index is 11.3. The van der Waals surface area contributed by atoms with Crippen LogP contribution in [-0.4, -0.2) is 29.6 Å². The molecule has 1 rings (SSSR count). The van der Waals surface area contributed by atoms with Gasteiger partial charge in [-0.3, -0.25) is 9.59 Å². The van der Waals surface area contributed by atoms with E-state index in [1.807, 2.05) is 0 Å². The van der Waals surface area contributed by atoms with Crippen molar-refractivity contribution in [3.8, 4) is 0 Å². The molecule has 0 unspecified atom stereocenters. The Bertz CT molecular complexity index is 473. The molecule has 1 aromatic carbocycles. The summed E-state index contributed by atoms with van der Waals surface area (Å²) in [5.41, 5.74) is 5.87. The molecule has 0 aliphatic heterocycles. The molecule has 7 nitrogen and oxygen atoms in total. The van der Waals surface area contributed by atoms with Crippen LogP contribution < -0.4 is 16.4 Å². The monoisotopic (exact) mass is 251 g/mol. The van der Waals surface area contributed by atoms with E-state index in [2.05, 4.69) is 10.6 Å². The third-order valence-electron chi connectivity index (χ3n) is 1.96. The Hall–Kier alpha value is -2.57. The van der Waals surface area contributed by atoms with Gasteiger partial charge in [0.15, 0.2) is 0 Å². The fourth-order valence-corrected chi connectivity index (χ4v) is 1.28. The summed E-state index contributed by atoms with van der Waals surface area (Å²) in [6.07, 6.45) is -0.127. The minimum Gasteiger partial charge on any atom is -0.481 e. The van der Waals surface area contributed by atoms with Crippen molar-refractivity contribution in [3.63, 3.8) is 0 Å². The highest BCUT2D eigenvalue weighted by Gasteiger charge is 2.05. The van der Waals surface area contributed by atoms with Gasteiger partial charge in [0.25, 0.3) is 0 Å². The van der Waals surface area contributed by atoms with Crippen molar-refractivity contribution in [1.29, 1.82) is 0 Å². The van der Waals surface area contributed by atoms with Crippen LogP contribution in [-0.2, 0) is 16.0 Å². The summed E-state index contributed by atoms with van der Waals surface area (Å²) in [6.45, 7) is -0.263. The molecule has 0 aliphatic carbocycles. The number of anilines is 1. The molecule has 3 amide bonds. The van der Waals surface area contributed by atoms with Gasteiger partial charge in [-0.15, -0.1) is 0 Å². The van der Waals surface area contributed by atoms with Crippen molar-refractivity contribution in [2.45, 2.75) is 6.42 Å². The van der Waals surface area contributed by atoms with Crippen LogP contribution in [0.3, 0.4) is 0 Å². The predicted molar refractivity (Wildman–Crippen MR) is 64.0 cm³/mol. The Balaban J connectivity index is 2.58. The van der Waals surface area contributed by atoms with Gasteiger partial charge < -0.3 is 21.5 Å². The van der Waals surface area contributed by atoms with Crippen molar-refractivity contribution in [2.24, 2.45) is 5.73 Å². The average molecular weight is 251 g/mol. The van der Waals surface area contributed by atoms with E-state index in [9.17, 15) is 14.4 Å². The molecular weight excluding hydrogens is 238 g/mol. The van der Waals surface area contributed by atoms with E-state index in [4.69, 9.17) is 10.8 Å². The average Bonchev–Trinajstić information content (AvgIpc) is 2.26. The van der Waals surface area contributed by atoms with Gasteiger partial charge in [0.05, 0.1) is 13.0 Å². The van der Waals surface area contributed by atoms with E-state index in [0.29, 0.717) is 11.3 Å². The number of nitrogens with one attached hydrogen (secondary N) is 2. The summed E-state index contributed by atoms with van der Waals surface area (Å²) < 4.78 is 0. The fourth-order valence-electron chi connectivity index (χ4n) is 1.28. The first-order valence-corrected chi connectivity index (χ1v) is 5.11. The number of benzene rings is 1. The van der Waals surface area contributed by atoms with Gasteiger partial charge >= 0.3 is 12.0 Å². The summed E-state index contributed by atoms with van der Waals surface area (Å²) >= 11 is 0. The summed E-state index contributed by atoms with van der Waals surface area (Å²) in [6, 6.07) is 5.83. The lowest BCUT2D eigenvalue weighted by Gasteiger charge is -2.07. The number of carbonyl (C=O) groups is 3. The molecule has 0 spiro atoms. The van der Waals surface area contributed by atoms with Gasteiger partial charge in [0.2, 0.25) is 5.91 Å². The molecular formula is C11H13N3O4. The zero-order chi connectivity index (χ0) is 13.5. The molecule has 5 N–H and O–H groups in total. The van der Waals surface area contributed by atoms with Gasteiger partial charge in [0, 0.05) is 5.69 Å². The zero-order valence-corrected chi connectivity index (χ0v) is 9.47. The predicted octanol–water partition coefficient (Wildman–Crippen LogP) is -0.0795. The number of nitrogens with two attached hydrogens (primary N) is 1. The summed E-state index contributed by atoms with van der Waals surface area (Å²) in [5, 5.41) is 13.3. The van der Waals surface area contributed by atoms with Crippen molar-refractivity contribution in [1.82, 2.24) is 5.32 Å². The van der Waals surface area contributed by atoms with Crippen LogP contribution in [0.5, 0.6) is 0 Å². The minimum atomic E-state index is -0.953. The third-order valence-corrected chi connectivity index (χ3v) is 1.96. The number of primary amides is 1. The number of hydrogen-bond donors (Lipinski definition) is 4. The molecule has 0 aromatic heterocycles. The maximum Gasteiger partial charge on any atom is 0.319 e. The number of rotatable bonds is 5. The molecule has 96 valence electrons. The van der Waals surface area contributed by atoms with Gasteiger partial charge in [-0.05, 0) is 17.7 Å². The van der Waals surface area contributed by atoms with E-state index in [-0.39, 0.29) is 13.0 Å². The lowest BCUT2D eigenvalue weighted by molar-refractivity contribution is -0.136. The molecule has 0 fully saturated rings. The van der Waals surface area contributed by atoms with Crippen LogP contribution in [0.1, 0.15) is 5.56 Å². The highest BCUT2D eigenvalue weighted by Crippen LogP contribution is 2.10. The Morgan fingerprint density at radius 1 is 1.28 bits per heavy atom. The smallest absolute Gasteiger partial charge is 0.319 e. The van der Waals surface area contributed by atoms with Crippen LogP contribution in [0.4, 0.5) is 10.5 Å². The SMILES string of the molecule is NC(=O)CNC(=O)Nc1cccc(CC(=O)O)c1. The lowest BCUT2D eigenvalue weighted by Crippen LogP contribution is -2.36. The zero-order valence-electron chi connectivity index (χ0n) is 9.47. The second-order valence-electron chi connectivity index (χ2n) is 3.54. The Morgan fingerprint density at radius 3 is 2.61 bits per heavy atom. The first-order chi connectivity index (χ1) is 8.47. The fraction of sp³-hybridized carbons (Fsp3) is 0.182. The van der Waals surface area contributed by atoms with E-state index < -0.39 is 17.9 Å². The first kappa shape index (κ1) is 13.5. The number of amides is 3. The number of aliphatic carboxylic acids is 1. The van der Waals surface area contributed by atoms with Crippen molar-refractivity contribution in [3.05, 3.63) is 29.8 Å². The Kier molecular flexibility index (Phi) is 4.67. The highest BCUT2D eigenvalue weighted by atomic mass is 16.4. The Morgan fingerprint density at radius 2 is 2.00 bits per heavy atom.